The van der Waals surface area contributed by atoms with Crippen molar-refractivity contribution in [3.8, 4) is 22.0 Å². The number of thioether (sulfide) groups is 1. The maximum absolute atomic E-state index is 4.84. The molecule has 0 N–H and O–H groups in total. The molecule has 0 spiro atoms. The molecule has 0 unspecified atom stereocenters. The monoisotopic (exact) mass is 419 g/mol. The van der Waals surface area contributed by atoms with Crippen molar-refractivity contribution in [3.05, 3.63) is 65.4 Å². The van der Waals surface area contributed by atoms with E-state index in [1.807, 2.05) is 12.1 Å². The first-order valence-electron chi connectivity index (χ1n) is 9.83. The van der Waals surface area contributed by atoms with Crippen LogP contribution in [0, 0.1) is 0 Å². The molecule has 3 heterocycles. The second-order valence-corrected chi connectivity index (χ2v) is 8.93. The van der Waals surface area contributed by atoms with E-state index in [4.69, 9.17) is 4.98 Å². The van der Waals surface area contributed by atoms with Gasteiger partial charge in [-0.3, -0.25) is 9.55 Å². The van der Waals surface area contributed by atoms with E-state index in [-0.39, 0.29) is 0 Å². The number of nitrogens with zero attached hydrogens (tertiary/aromatic N) is 5. The van der Waals surface area contributed by atoms with Crippen molar-refractivity contribution in [2.24, 2.45) is 0 Å². The molecular weight excluding hydrogens is 398 g/mol. The first-order valence-corrected chi connectivity index (χ1v) is 11.7. The van der Waals surface area contributed by atoms with Crippen LogP contribution in [0.15, 0.2) is 59.3 Å². The van der Waals surface area contributed by atoms with Gasteiger partial charge in [0.05, 0.1) is 5.69 Å². The third-order valence-electron chi connectivity index (χ3n) is 5.03. The topological polar surface area (TPSA) is 56.5 Å². The van der Waals surface area contributed by atoms with Crippen molar-refractivity contribution >= 4 is 23.1 Å². The number of aromatic nitrogens is 5. The summed E-state index contributed by atoms with van der Waals surface area (Å²) in [6.45, 7) is 2.17. The SMILES string of the molecule is CCc1ccc(-c2nc(CSc3nnc(-c4ccncc4)n3C3CC3)cs2)cc1. The predicted molar refractivity (Wildman–Crippen MR) is 118 cm³/mol. The van der Waals surface area contributed by atoms with Crippen molar-refractivity contribution in [3.63, 3.8) is 0 Å². The lowest BCUT2D eigenvalue weighted by Crippen LogP contribution is -2.00. The molecule has 5 nitrogen and oxygen atoms in total. The van der Waals surface area contributed by atoms with Gasteiger partial charge in [0.15, 0.2) is 11.0 Å². The first kappa shape index (κ1) is 18.5. The third kappa shape index (κ3) is 3.97. The summed E-state index contributed by atoms with van der Waals surface area (Å²) in [5.74, 6) is 1.73. The number of hydrogen-bond donors (Lipinski definition) is 0. The number of rotatable bonds is 7. The molecule has 29 heavy (non-hydrogen) atoms. The van der Waals surface area contributed by atoms with Gasteiger partial charge < -0.3 is 0 Å². The molecule has 1 saturated carbocycles. The molecule has 5 rings (SSSR count). The molecule has 7 heteroatoms. The number of hydrogen-bond acceptors (Lipinski definition) is 6. The van der Waals surface area contributed by atoms with Crippen LogP contribution in [0.3, 0.4) is 0 Å². The summed E-state index contributed by atoms with van der Waals surface area (Å²) in [6, 6.07) is 13.2. The fourth-order valence-electron chi connectivity index (χ4n) is 3.26. The van der Waals surface area contributed by atoms with Crippen molar-refractivity contribution < 1.29 is 0 Å². The van der Waals surface area contributed by atoms with E-state index in [1.54, 1.807) is 35.5 Å². The normalized spacial score (nSPS) is 13.7. The second-order valence-electron chi connectivity index (χ2n) is 7.13. The zero-order valence-corrected chi connectivity index (χ0v) is 17.8. The van der Waals surface area contributed by atoms with Gasteiger partial charge in [-0.15, -0.1) is 21.5 Å². The third-order valence-corrected chi connectivity index (χ3v) is 6.94. The smallest absolute Gasteiger partial charge is 0.192 e. The molecule has 0 saturated heterocycles. The van der Waals surface area contributed by atoms with E-state index < -0.39 is 0 Å². The minimum absolute atomic E-state index is 0.513. The largest absolute Gasteiger partial charge is 0.299 e. The maximum atomic E-state index is 4.84. The van der Waals surface area contributed by atoms with E-state index in [0.29, 0.717) is 6.04 Å². The molecule has 1 aliphatic rings. The van der Waals surface area contributed by atoms with Gasteiger partial charge in [-0.25, -0.2) is 4.98 Å². The average molecular weight is 420 g/mol. The van der Waals surface area contributed by atoms with E-state index in [2.05, 4.69) is 56.3 Å². The van der Waals surface area contributed by atoms with Crippen LogP contribution in [0.2, 0.25) is 0 Å². The van der Waals surface area contributed by atoms with Gasteiger partial charge in [0.2, 0.25) is 0 Å². The Balaban J connectivity index is 1.33. The number of benzene rings is 1. The van der Waals surface area contributed by atoms with Gasteiger partial charge in [-0.05, 0) is 37.0 Å². The van der Waals surface area contributed by atoms with Crippen LogP contribution in [0.4, 0.5) is 0 Å². The lowest BCUT2D eigenvalue weighted by atomic mass is 10.1. The molecule has 1 aliphatic carbocycles. The van der Waals surface area contributed by atoms with Gasteiger partial charge in [0.1, 0.15) is 5.01 Å². The summed E-state index contributed by atoms with van der Waals surface area (Å²) in [7, 11) is 0. The fourth-order valence-corrected chi connectivity index (χ4v) is 5.09. The zero-order valence-electron chi connectivity index (χ0n) is 16.2. The van der Waals surface area contributed by atoms with Crippen LogP contribution in [0.1, 0.15) is 37.1 Å². The first-order chi connectivity index (χ1) is 14.3. The van der Waals surface area contributed by atoms with Gasteiger partial charge in [-0.1, -0.05) is 43.0 Å². The Morgan fingerprint density at radius 2 is 1.83 bits per heavy atom. The van der Waals surface area contributed by atoms with Crippen LogP contribution in [0.5, 0.6) is 0 Å². The summed E-state index contributed by atoms with van der Waals surface area (Å²) in [5.41, 5.74) is 4.69. The second kappa shape index (κ2) is 8.08. The standard InChI is InChI=1S/C22H21N5S2/c1-2-15-3-5-17(6-4-15)21-24-18(13-28-21)14-29-22-26-25-20(27(22)19-7-8-19)16-9-11-23-12-10-16/h3-6,9-13,19H,2,7-8,14H2,1H3. The van der Waals surface area contributed by atoms with Crippen LogP contribution >= 0.6 is 23.1 Å². The van der Waals surface area contributed by atoms with Crippen LogP contribution in [-0.4, -0.2) is 24.7 Å². The van der Waals surface area contributed by atoms with Crippen molar-refractivity contribution in [1.82, 2.24) is 24.7 Å². The molecule has 1 aromatic carbocycles. The van der Waals surface area contributed by atoms with Gasteiger partial charge in [0.25, 0.3) is 0 Å². The number of thiazole rings is 1. The molecule has 0 bridgehead atoms. The number of pyridine rings is 1. The van der Waals surface area contributed by atoms with Crippen molar-refractivity contribution in [2.75, 3.05) is 0 Å². The number of aryl methyl sites for hydroxylation is 1. The molecule has 4 aromatic rings. The lowest BCUT2D eigenvalue weighted by molar-refractivity contribution is 0.669. The minimum Gasteiger partial charge on any atom is -0.299 e. The molecule has 0 radical (unpaired) electrons. The Hall–Kier alpha value is -2.51. The van der Waals surface area contributed by atoms with E-state index in [0.717, 1.165) is 39.4 Å². The van der Waals surface area contributed by atoms with E-state index >= 15 is 0 Å². The molecular formula is C22H21N5S2. The summed E-state index contributed by atoms with van der Waals surface area (Å²) < 4.78 is 2.29. The zero-order chi connectivity index (χ0) is 19.6. The van der Waals surface area contributed by atoms with E-state index in [1.165, 1.54) is 24.0 Å². The van der Waals surface area contributed by atoms with Crippen LogP contribution < -0.4 is 0 Å². The Morgan fingerprint density at radius 3 is 2.55 bits per heavy atom. The Labute approximate surface area is 178 Å². The molecule has 3 aromatic heterocycles. The van der Waals surface area contributed by atoms with Crippen LogP contribution in [0.25, 0.3) is 22.0 Å². The summed E-state index contributed by atoms with van der Waals surface area (Å²) in [4.78, 5) is 8.95. The molecule has 146 valence electrons. The fraction of sp³-hybridized carbons (Fsp3) is 0.273. The highest BCUT2D eigenvalue weighted by Gasteiger charge is 2.30. The molecule has 1 fully saturated rings. The Kier molecular flexibility index (Phi) is 5.16. The van der Waals surface area contributed by atoms with E-state index in [9.17, 15) is 0 Å². The highest BCUT2D eigenvalue weighted by molar-refractivity contribution is 7.98. The minimum atomic E-state index is 0.513. The average Bonchev–Trinajstić information content (AvgIpc) is 3.35. The van der Waals surface area contributed by atoms with Gasteiger partial charge in [-0.2, -0.15) is 0 Å². The molecule has 0 atom stereocenters. The Bertz CT molecular complexity index is 1100. The van der Waals surface area contributed by atoms with Gasteiger partial charge >= 0.3 is 0 Å². The van der Waals surface area contributed by atoms with Gasteiger partial charge in [0, 0.05) is 40.7 Å². The quantitative estimate of drug-likeness (QED) is 0.362. The summed E-state index contributed by atoms with van der Waals surface area (Å²) in [5, 5.41) is 13.2. The van der Waals surface area contributed by atoms with Crippen LogP contribution in [-0.2, 0) is 12.2 Å². The Morgan fingerprint density at radius 1 is 1.03 bits per heavy atom. The lowest BCUT2D eigenvalue weighted by Gasteiger charge is -2.08. The summed E-state index contributed by atoms with van der Waals surface area (Å²) in [6.07, 6.45) is 7.05. The highest BCUT2D eigenvalue weighted by Crippen LogP contribution is 2.41. The predicted octanol–water partition coefficient (Wildman–Crippen LogP) is 5.65. The van der Waals surface area contributed by atoms with Crippen molar-refractivity contribution in [1.29, 1.82) is 0 Å². The van der Waals surface area contributed by atoms with Crippen molar-refractivity contribution in [2.45, 2.75) is 43.1 Å². The summed E-state index contributed by atoms with van der Waals surface area (Å²) >= 11 is 3.42. The molecule has 0 aliphatic heterocycles. The maximum Gasteiger partial charge on any atom is 0.192 e. The molecule has 0 amide bonds. The highest BCUT2D eigenvalue weighted by atomic mass is 32.2.